The Kier molecular flexibility index (Phi) is 5.28. The summed E-state index contributed by atoms with van der Waals surface area (Å²) in [6.45, 7) is 4.49. The summed E-state index contributed by atoms with van der Waals surface area (Å²) in [5.41, 5.74) is 1.64. The van der Waals surface area contributed by atoms with Crippen molar-refractivity contribution in [3.8, 4) is 0 Å². The lowest BCUT2D eigenvalue weighted by atomic mass is 10.0. The molecule has 0 radical (unpaired) electrons. The van der Waals surface area contributed by atoms with Gasteiger partial charge in [-0.25, -0.2) is 4.39 Å². The monoisotopic (exact) mass is 253 g/mol. The number of aliphatic carboxylic acids is 1. The molecule has 1 aromatic carbocycles. The van der Waals surface area contributed by atoms with E-state index in [1.807, 2.05) is 24.9 Å². The Balaban J connectivity index is 2.75. The maximum atomic E-state index is 13.8. The van der Waals surface area contributed by atoms with Gasteiger partial charge in [-0.1, -0.05) is 26.0 Å². The van der Waals surface area contributed by atoms with Gasteiger partial charge in [0.1, 0.15) is 5.82 Å². The molecule has 0 aliphatic rings. The van der Waals surface area contributed by atoms with Crippen molar-refractivity contribution in [3.63, 3.8) is 0 Å². The summed E-state index contributed by atoms with van der Waals surface area (Å²) in [6.07, 6.45) is 0.773. The first-order chi connectivity index (χ1) is 8.45. The molecule has 0 heterocycles. The summed E-state index contributed by atoms with van der Waals surface area (Å²) in [5, 5.41) is 8.85. The molecule has 1 atom stereocenters. The van der Waals surface area contributed by atoms with E-state index in [1.54, 1.807) is 13.0 Å². The van der Waals surface area contributed by atoms with Crippen LogP contribution in [0.25, 0.3) is 0 Å². The van der Waals surface area contributed by atoms with Crippen molar-refractivity contribution in [2.75, 3.05) is 13.6 Å². The summed E-state index contributed by atoms with van der Waals surface area (Å²) in [7, 11) is 1.81. The van der Waals surface area contributed by atoms with Gasteiger partial charge in [-0.3, -0.25) is 4.79 Å². The van der Waals surface area contributed by atoms with Crippen molar-refractivity contribution in [1.29, 1.82) is 0 Å². The molecule has 1 aromatic rings. The average Bonchev–Trinajstić information content (AvgIpc) is 2.31. The first-order valence-corrected chi connectivity index (χ1v) is 6.13. The number of aryl methyl sites for hydroxylation is 1. The number of carbonyl (C=O) groups is 1. The third-order valence-corrected chi connectivity index (χ3v) is 3.03. The number of halogens is 1. The molecule has 4 heteroatoms. The molecule has 0 aromatic heterocycles. The van der Waals surface area contributed by atoms with Gasteiger partial charge in [0.05, 0.1) is 5.92 Å². The number of nitrogens with zero attached hydrogens (tertiary/aromatic N) is 1. The summed E-state index contributed by atoms with van der Waals surface area (Å²) in [5.74, 6) is -1.50. The van der Waals surface area contributed by atoms with E-state index in [1.165, 1.54) is 6.07 Å². The lowest BCUT2D eigenvalue weighted by molar-refractivity contribution is -0.141. The largest absolute Gasteiger partial charge is 0.481 e. The Bertz CT molecular complexity index is 420. The topological polar surface area (TPSA) is 40.5 Å². The van der Waals surface area contributed by atoms with Gasteiger partial charge in [-0.2, -0.15) is 0 Å². The molecule has 1 unspecified atom stereocenters. The van der Waals surface area contributed by atoms with Crippen LogP contribution >= 0.6 is 0 Å². The zero-order valence-electron chi connectivity index (χ0n) is 11.1. The maximum absolute atomic E-state index is 13.8. The normalized spacial score (nSPS) is 12.7. The van der Waals surface area contributed by atoms with E-state index in [-0.39, 0.29) is 5.82 Å². The summed E-state index contributed by atoms with van der Waals surface area (Å²) < 4.78 is 13.8. The molecule has 3 nitrogen and oxygen atoms in total. The Hall–Kier alpha value is -1.42. The highest BCUT2D eigenvalue weighted by Gasteiger charge is 2.15. The average molecular weight is 253 g/mol. The van der Waals surface area contributed by atoms with Gasteiger partial charge in [-0.15, -0.1) is 0 Å². The van der Waals surface area contributed by atoms with E-state index in [4.69, 9.17) is 5.11 Å². The van der Waals surface area contributed by atoms with Crippen LogP contribution in [0.3, 0.4) is 0 Å². The van der Waals surface area contributed by atoms with Gasteiger partial charge in [0, 0.05) is 18.7 Å². The lowest BCUT2D eigenvalue weighted by Crippen LogP contribution is -2.28. The van der Waals surface area contributed by atoms with Gasteiger partial charge in [-0.05, 0) is 25.1 Å². The predicted octanol–water partition coefficient (Wildman–Crippen LogP) is 2.54. The first kappa shape index (κ1) is 14.6. The SMILES string of the molecule is CCc1cccc(F)c1CN(C)CC(C)C(=O)O. The van der Waals surface area contributed by atoms with Crippen LogP contribution < -0.4 is 0 Å². The van der Waals surface area contributed by atoms with Crippen LogP contribution in [0.2, 0.25) is 0 Å². The number of benzene rings is 1. The van der Waals surface area contributed by atoms with Gasteiger partial charge < -0.3 is 10.0 Å². The minimum atomic E-state index is -0.828. The summed E-state index contributed by atoms with van der Waals surface area (Å²) >= 11 is 0. The predicted molar refractivity (Wildman–Crippen MR) is 68.9 cm³/mol. The number of carboxylic acid groups (broad SMARTS) is 1. The molecule has 0 bridgehead atoms. The van der Waals surface area contributed by atoms with Crippen LogP contribution in [-0.4, -0.2) is 29.6 Å². The highest BCUT2D eigenvalue weighted by Crippen LogP contribution is 2.16. The van der Waals surface area contributed by atoms with E-state index in [0.717, 1.165) is 12.0 Å². The van der Waals surface area contributed by atoms with Crippen molar-refractivity contribution >= 4 is 5.97 Å². The molecule has 0 fully saturated rings. The van der Waals surface area contributed by atoms with E-state index < -0.39 is 11.9 Å². The molecule has 1 N–H and O–H groups in total. The molecular weight excluding hydrogens is 233 g/mol. The lowest BCUT2D eigenvalue weighted by Gasteiger charge is -2.21. The smallest absolute Gasteiger partial charge is 0.307 e. The van der Waals surface area contributed by atoms with Crippen molar-refractivity contribution < 1.29 is 14.3 Å². The Morgan fingerprint density at radius 3 is 2.72 bits per heavy atom. The molecule has 100 valence electrons. The van der Waals surface area contributed by atoms with Crippen LogP contribution in [-0.2, 0) is 17.8 Å². The van der Waals surface area contributed by atoms with Crippen LogP contribution in [0, 0.1) is 11.7 Å². The van der Waals surface area contributed by atoms with Gasteiger partial charge >= 0.3 is 5.97 Å². The van der Waals surface area contributed by atoms with Crippen LogP contribution in [0.15, 0.2) is 18.2 Å². The molecule has 18 heavy (non-hydrogen) atoms. The molecule has 0 amide bonds. The Morgan fingerprint density at radius 1 is 1.50 bits per heavy atom. The van der Waals surface area contributed by atoms with E-state index in [2.05, 4.69) is 0 Å². The highest BCUT2D eigenvalue weighted by molar-refractivity contribution is 5.69. The van der Waals surface area contributed by atoms with Crippen molar-refractivity contribution in [2.45, 2.75) is 26.8 Å². The third-order valence-electron chi connectivity index (χ3n) is 3.03. The molecule has 1 rings (SSSR count). The van der Waals surface area contributed by atoms with Crippen molar-refractivity contribution in [3.05, 3.63) is 35.1 Å². The molecule has 0 saturated carbocycles. The molecule has 0 aliphatic carbocycles. The van der Waals surface area contributed by atoms with Crippen LogP contribution in [0.1, 0.15) is 25.0 Å². The summed E-state index contributed by atoms with van der Waals surface area (Å²) in [6, 6.07) is 5.06. The minimum Gasteiger partial charge on any atom is -0.481 e. The summed E-state index contributed by atoms with van der Waals surface area (Å²) in [4.78, 5) is 12.6. The number of hydrogen-bond acceptors (Lipinski definition) is 2. The van der Waals surface area contributed by atoms with Gasteiger partial charge in [0.15, 0.2) is 0 Å². The Labute approximate surface area is 107 Å². The molecule has 0 aliphatic heterocycles. The van der Waals surface area contributed by atoms with E-state index >= 15 is 0 Å². The zero-order valence-corrected chi connectivity index (χ0v) is 11.1. The molecule has 0 saturated heterocycles. The van der Waals surface area contributed by atoms with Crippen LogP contribution in [0.5, 0.6) is 0 Å². The minimum absolute atomic E-state index is 0.218. The fourth-order valence-corrected chi connectivity index (χ4v) is 1.99. The van der Waals surface area contributed by atoms with Crippen molar-refractivity contribution in [2.24, 2.45) is 5.92 Å². The number of rotatable bonds is 6. The second-order valence-electron chi connectivity index (χ2n) is 4.67. The second-order valence-corrected chi connectivity index (χ2v) is 4.67. The third kappa shape index (κ3) is 3.81. The standard InChI is InChI=1S/C14H20FNO2/c1-4-11-6-5-7-13(15)12(11)9-16(3)8-10(2)14(17)18/h5-7,10H,4,8-9H2,1-3H3,(H,17,18). The van der Waals surface area contributed by atoms with Crippen molar-refractivity contribution in [1.82, 2.24) is 4.90 Å². The Morgan fingerprint density at radius 2 is 2.17 bits per heavy atom. The van der Waals surface area contributed by atoms with Crippen LogP contribution in [0.4, 0.5) is 4.39 Å². The van der Waals surface area contributed by atoms with E-state index in [0.29, 0.717) is 18.7 Å². The second kappa shape index (κ2) is 6.50. The molecular formula is C14H20FNO2. The number of carboxylic acids is 1. The van der Waals surface area contributed by atoms with Gasteiger partial charge in [0.2, 0.25) is 0 Å². The fraction of sp³-hybridized carbons (Fsp3) is 0.500. The van der Waals surface area contributed by atoms with E-state index in [9.17, 15) is 9.18 Å². The molecule has 0 spiro atoms. The first-order valence-electron chi connectivity index (χ1n) is 6.13. The van der Waals surface area contributed by atoms with Gasteiger partial charge in [0.25, 0.3) is 0 Å². The number of hydrogen-bond donors (Lipinski definition) is 1. The highest BCUT2D eigenvalue weighted by atomic mass is 19.1. The fourth-order valence-electron chi connectivity index (χ4n) is 1.99. The quantitative estimate of drug-likeness (QED) is 0.847. The maximum Gasteiger partial charge on any atom is 0.307 e. The zero-order chi connectivity index (χ0) is 13.7.